The van der Waals surface area contributed by atoms with Gasteiger partial charge in [0.25, 0.3) is 11.8 Å². The van der Waals surface area contributed by atoms with Gasteiger partial charge in [0.2, 0.25) is 0 Å². The molecule has 1 fully saturated rings. The van der Waals surface area contributed by atoms with Gasteiger partial charge in [0.15, 0.2) is 5.82 Å². The van der Waals surface area contributed by atoms with E-state index in [9.17, 15) is 9.59 Å². The van der Waals surface area contributed by atoms with Crippen molar-refractivity contribution in [2.75, 3.05) is 19.6 Å². The average molecular weight is 408 g/mol. The summed E-state index contributed by atoms with van der Waals surface area (Å²) in [6, 6.07) is 4.65. The Kier molecular flexibility index (Phi) is 5.55. The van der Waals surface area contributed by atoms with E-state index >= 15 is 0 Å². The van der Waals surface area contributed by atoms with Gasteiger partial charge in [-0.3, -0.25) is 24.4 Å². The maximum absolute atomic E-state index is 13.3. The number of nitrogens with zero attached hydrogens (tertiary/aromatic N) is 7. The lowest BCUT2D eigenvalue weighted by Gasteiger charge is -2.30. The zero-order valence-corrected chi connectivity index (χ0v) is 17.0. The van der Waals surface area contributed by atoms with E-state index in [4.69, 9.17) is 0 Å². The van der Waals surface area contributed by atoms with E-state index in [1.54, 1.807) is 51.3 Å². The van der Waals surface area contributed by atoms with Crippen LogP contribution in [0.1, 0.15) is 51.9 Å². The Morgan fingerprint density at radius 2 is 1.93 bits per heavy atom. The van der Waals surface area contributed by atoms with Gasteiger partial charge >= 0.3 is 0 Å². The maximum atomic E-state index is 13.3. The summed E-state index contributed by atoms with van der Waals surface area (Å²) >= 11 is 0. The van der Waals surface area contributed by atoms with Crippen LogP contribution in [0.15, 0.2) is 36.8 Å². The molecule has 10 heteroatoms. The van der Waals surface area contributed by atoms with E-state index in [1.807, 2.05) is 13.8 Å². The van der Waals surface area contributed by atoms with Gasteiger partial charge in [-0.05, 0) is 38.5 Å². The molecular formula is C20H24N8O2. The molecule has 4 rings (SSSR count). The molecule has 0 saturated carbocycles. The quantitative estimate of drug-likeness (QED) is 0.699. The van der Waals surface area contributed by atoms with E-state index in [2.05, 4.69) is 25.3 Å². The zero-order chi connectivity index (χ0) is 21.1. The summed E-state index contributed by atoms with van der Waals surface area (Å²) in [5.74, 6) is 0.925. The molecule has 1 N–H and O–H groups in total. The van der Waals surface area contributed by atoms with E-state index in [1.165, 1.54) is 0 Å². The summed E-state index contributed by atoms with van der Waals surface area (Å²) in [6.07, 6.45) is 5.48. The molecule has 4 heterocycles. The van der Waals surface area contributed by atoms with Gasteiger partial charge in [-0.15, -0.1) is 0 Å². The monoisotopic (exact) mass is 408 g/mol. The van der Waals surface area contributed by atoms with Crippen LogP contribution in [0, 0.1) is 6.92 Å². The third-order valence-electron chi connectivity index (χ3n) is 5.22. The number of aromatic amines is 1. The predicted molar refractivity (Wildman–Crippen MR) is 108 cm³/mol. The van der Waals surface area contributed by atoms with Crippen molar-refractivity contribution in [1.82, 2.24) is 39.7 Å². The number of H-pyrrole nitrogens is 1. The number of aromatic nitrogens is 6. The van der Waals surface area contributed by atoms with E-state index < -0.39 is 6.04 Å². The number of carbonyl (C=O) groups excluding carboxylic acids is 2. The molecule has 2 amide bonds. The highest BCUT2D eigenvalue weighted by molar-refractivity contribution is 5.95. The van der Waals surface area contributed by atoms with Crippen LogP contribution in [-0.4, -0.2) is 71.2 Å². The van der Waals surface area contributed by atoms with Crippen LogP contribution < -0.4 is 0 Å². The first-order chi connectivity index (χ1) is 14.6. The normalized spacial score (nSPS) is 17.1. The molecule has 1 aliphatic rings. The highest BCUT2D eigenvalue weighted by atomic mass is 16.2. The first kappa shape index (κ1) is 19.7. The lowest BCUT2D eigenvalue weighted by atomic mass is 10.1. The summed E-state index contributed by atoms with van der Waals surface area (Å²) in [7, 11) is 0. The standard InChI is InChI=1S/C20H24N8O2/c1-3-28-16(7-10-22-28)20(30)26-11-4-12-27(19(29)15-5-8-21-9-6-15)17(13-26)18-23-14(2)24-25-18/h5-10,17H,3-4,11-13H2,1-2H3,(H,23,24,25). The fraction of sp³-hybridized carbons (Fsp3) is 0.400. The van der Waals surface area contributed by atoms with E-state index in [0.717, 1.165) is 0 Å². The third-order valence-corrected chi connectivity index (χ3v) is 5.22. The van der Waals surface area contributed by atoms with Crippen molar-refractivity contribution in [3.05, 3.63) is 59.7 Å². The van der Waals surface area contributed by atoms with Crippen molar-refractivity contribution in [2.45, 2.75) is 32.9 Å². The lowest BCUT2D eigenvalue weighted by molar-refractivity contribution is 0.0618. The molecular weight excluding hydrogens is 384 g/mol. The van der Waals surface area contributed by atoms with Crippen LogP contribution in [0.2, 0.25) is 0 Å². The summed E-state index contributed by atoms with van der Waals surface area (Å²) in [5.41, 5.74) is 1.09. The van der Waals surface area contributed by atoms with Gasteiger partial charge in [-0.2, -0.15) is 10.2 Å². The van der Waals surface area contributed by atoms with Crippen LogP contribution in [0.3, 0.4) is 0 Å². The van der Waals surface area contributed by atoms with Crippen molar-refractivity contribution in [2.24, 2.45) is 0 Å². The molecule has 1 unspecified atom stereocenters. The van der Waals surface area contributed by atoms with E-state index in [0.29, 0.717) is 55.5 Å². The summed E-state index contributed by atoms with van der Waals surface area (Å²) in [5, 5.41) is 11.4. The molecule has 30 heavy (non-hydrogen) atoms. The number of nitrogens with one attached hydrogen (secondary N) is 1. The number of amides is 2. The molecule has 0 spiro atoms. The second kappa shape index (κ2) is 8.44. The second-order valence-corrected chi connectivity index (χ2v) is 7.17. The Morgan fingerprint density at radius 1 is 1.13 bits per heavy atom. The lowest BCUT2D eigenvalue weighted by Crippen LogP contribution is -2.41. The smallest absolute Gasteiger partial charge is 0.272 e. The number of pyridine rings is 1. The molecule has 0 radical (unpaired) electrons. The molecule has 1 aliphatic heterocycles. The van der Waals surface area contributed by atoms with Crippen molar-refractivity contribution in [3.8, 4) is 0 Å². The zero-order valence-electron chi connectivity index (χ0n) is 17.0. The largest absolute Gasteiger partial charge is 0.335 e. The minimum Gasteiger partial charge on any atom is -0.335 e. The molecule has 3 aromatic heterocycles. The van der Waals surface area contributed by atoms with Crippen LogP contribution in [0.4, 0.5) is 0 Å². The van der Waals surface area contributed by atoms with Crippen molar-refractivity contribution >= 4 is 11.8 Å². The van der Waals surface area contributed by atoms with Gasteiger partial charge < -0.3 is 9.80 Å². The minimum atomic E-state index is -0.458. The minimum absolute atomic E-state index is 0.107. The van der Waals surface area contributed by atoms with E-state index in [-0.39, 0.29) is 11.8 Å². The van der Waals surface area contributed by atoms with Gasteiger partial charge in [-0.1, -0.05) is 0 Å². The Morgan fingerprint density at radius 3 is 2.63 bits per heavy atom. The van der Waals surface area contributed by atoms with Crippen molar-refractivity contribution < 1.29 is 9.59 Å². The summed E-state index contributed by atoms with van der Waals surface area (Å²) in [6.45, 7) is 5.70. The Labute approximate surface area is 173 Å². The first-order valence-corrected chi connectivity index (χ1v) is 9.99. The molecule has 0 aromatic carbocycles. The number of hydrogen-bond donors (Lipinski definition) is 1. The SMILES string of the molecule is CCn1nccc1C(=O)N1CCCN(C(=O)c2ccncc2)C(c2n[nH]c(C)n2)C1. The Balaban J connectivity index is 1.66. The summed E-state index contributed by atoms with van der Waals surface area (Å²) in [4.78, 5) is 38.5. The van der Waals surface area contributed by atoms with Gasteiger partial charge in [0, 0.05) is 50.3 Å². The molecule has 10 nitrogen and oxygen atoms in total. The second-order valence-electron chi connectivity index (χ2n) is 7.17. The average Bonchev–Trinajstić information content (AvgIpc) is 3.36. The van der Waals surface area contributed by atoms with Crippen molar-refractivity contribution in [3.63, 3.8) is 0 Å². The molecule has 3 aromatic rings. The number of hydrogen-bond acceptors (Lipinski definition) is 6. The predicted octanol–water partition coefficient (Wildman–Crippen LogP) is 1.45. The van der Waals surface area contributed by atoms with Gasteiger partial charge in [0.05, 0.1) is 0 Å². The first-order valence-electron chi connectivity index (χ1n) is 9.99. The fourth-order valence-electron chi connectivity index (χ4n) is 3.73. The topological polar surface area (TPSA) is 113 Å². The molecule has 0 bridgehead atoms. The molecule has 1 atom stereocenters. The van der Waals surface area contributed by atoms with Crippen LogP contribution >= 0.6 is 0 Å². The number of aryl methyl sites for hydroxylation is 2. The van der Waals surface area contributed by atoms with Gasteiger partial charge in [-0.25, -0.2) is 4.98 Å². The third kappa shape index (κ3) is 3.80. The number of carbonyl (C=O) groups is 2. The Hall–Kier alpha value is -3.56. The highest BCUT2D eigenvalue weighted by Crippen LogP contribution is 2.25. The fourth-order valence-corrected chi connectivity index (χ4v) is 3.73. The number of rotatable bonds is 4. The highest BCUT2D eigenvalue weighted by Gasteiger charge is 2.35. The van der Waals surface area contributed by atoms with Crippen LogP contribution in [0.25, 0.3) is 0 Å². The van der Waals surface area contributed by atoms with Gasteiger partial charge in [0.1, 0.15) is 17.6 Å². The molecule has 1 saturated heterocycles. The van der Waals surface area contributed by atoms with Crippen LogP contribution in [0.5, 0.6) is 0 Å². The maximum Gasteiger partial charge on any atom is 0.272 e. The molecule has 156 valence electrons. The Bertz CT molecular complexity index is 1030. The summed E-state index contributed by atoms with van der Waals surface area (Å²) < 4.78 is 1.68. The van der Waals surface area contributed by atoms with Crippen molar-refractivity contribution in [1.29, 1.82) is 0 Å². The van der Waals surface area contributed by atoms with Crippen LogP contribution in [-0.2, 0) is 6.54 Å². The molecule has 0 aliphatic carbocycles.